The van der Waals surface area contributed by atoms with E-state index in [9.17, 15) is 9.18 Å². The molecule has 8 heteroatoms. The van der Waals surface area contributed by atoms with Gasteiger partial charge >= 0.3 is 0 Å². The average Bonchev–Trinajstić information content (AvgIpc) is 3.23. The summed E-state index contributed by atoms with van der Waals surface area (Å²) in [5.41, 5.74) is 2.39. The lowest BCUT2D eigenvalue weighted by molar-refractivity contribution is 0.0928. The highest BCUT2D eigenvalue weighted by molar-refractivity contribution is 5.94. The van der Waals surface area contributed by atoms with Crippen LogP contribution in [0, 0.1) is 19.7 Å². The molecule has 0 aliphatic rings. The van der Waals surface area contributed by atoms with Gasteiger partial charge in [0.15, 0.2) is 17.3 Å². The fourth-order valence-electron chi connectivity index (χ4n) is 2.91. The second-order valence-electron chi connectivity index (χ2n) is 6.51. The summed E-state index contributed by atoms with van der Waals surface area (Å²) in [4.78, 5) is 12.7. The van der Waals surface area contributed by atoms with Crippen LogP contribution in [0.3, 0.4) is 0 Å². The van der Waals surface area contributed by atoms with Crippen molar-refractivity contribution in [2.75, 3.05) is 0 Å². The topological polar surface area (TPSA) is 82.2 Å². The van der Waals surface area contributed by atoms with Crippen molar-refractivity contribution in [3.05, 3.63) is 64.6 Å². The zero-order valence-electron chi connectivity index (χ0n) is 16.3. The van der Waals surface area contributed by atoms with Gasteiger partial charge in [0.2, 0.25) is 0 Å². The van der Waals surface area contributed by atoms with E-state index >= 15 is 0 Å². The average molecular weight is 386 g/mol. The number of amides is 1. The van der Waals surface area contributed by atoms with Gasteiger partial charge in [0.1, 0.15) is 12.4 Å². The quantitative estimate of drug-likeness (QED) is 0.669. The van der Waals surface area contributed by atoms with E-state index in [4.69, 9.17) is 9.26 Å². The van der Waals surface area contributed by atoms with E-state index in [1.165, 1.54) is 12.1 Å². The third-order valence-electron chi connectivity index (χ3n) is 4.53. The minimum atomic E-state index is -0.473. The Labute approximate surface area is 162 Å². The summed E-state index contributed by atoms with van der Waals surface area (Å²) in [6, 6.07) is 5.83. The summed E-state index contributed by atoms with van der Waals surface area (Å²) in [5, 5.41) is 11.2. The van der Waals surface area contributed by atoms with E-state index in [0.717, 1.165) is 17.8 Å². The Bertz CT molecular complexity index is 980. The Morgan fingerprint density at radius 2 is 2.11 bits per heavy atom. The third-order valence-corrected chi connectivity index (χ3v) is 4.53. The standard InChI is InChI=1S/C20H23FN4O3/c1-5-25-10-15(13(3)23-25)12(2)22-20(26)19-16(14(4)28-24-19)11-27-18-9-7-6-8-17(18)21/h6-10,12H,5,11H2,1-4H3,(H,22,26). The number of para-hydroxylation sites is 1. The summed E-state index contributed by atoms with van der Waals surface area (Å²) >= 11 is 0. The molecule has 0 saturated carbocycles. The highest BCUT2D eigenvalue weighted by Gasteiger charge is 2.23. The third kappa shape index (κ3) is 4.05. The number of carbonyl (C=O) groups is 1. The predicted molar refractivity (Wildman–Crippen MR) is 100 cm³/mol. The van der Waals surface area contributed by atoms with E-state index in [2.05, 4.69) is 15.6 Å². The molecule has 1 amide bonds. The lowest BCUT2D eigenvalue weighted by Crippen LogP contribution is -2.28. The molecule has 28 heavy (non-hydrogen) atoms. The van der Waals surface area contributed by atoms with Crippen molar-refractivity contribution in [1.82, 2.24) is 20.3 Å². The molecular formula is C20H23FN4O3. The molecule has 2 heterocycles. The summed E-state index contributed by atoms with van der Waals surface area (Å²) < 4.78 is 26.3. The molecule has 0 fully saturated rings. The van der Waals surface area contributed by atoms with Crippen LogP contribution in [0.1, 0.15) is 53.0 Å². The van der Waals surface area contributed by atoms with Crippen LogP contribution in [0.15, 0.2) is 35.0 Å². The van der Waals surface area contributed by atoms with Gasteiger partial charge in [-0.15, -0.1) is 0 Å². The second kappa shape index (κ2) is 8.24. The number of nitrogens with zero attached hydrogens (tertiary/aromatic N) is 3. The van der Waals surface area contributed by atoms with Crippen LogP contribution in [0.25, 0.3) is 0 Å². The summed E-state index contributed by atoms with van der Waals surface area (Å²) in [5.74, 6) is -0.311. The lowest BCUT2D eigenvalue weighted by Gasteiger charge is -2.13. The van der Waals surface area contributed by atoms with Crippen molar-refractivity contribution in [2.24, 2.45) is 0 Å². The first-order chi connectivity index (χ1) is 13.4. The normalized spacial score (nSPS) is 12.0. The second-order valence-corrected chi connectivity index (χ2v) is 6.51. The molecule has 1 atom stereocenters. The number of carbonyl (C=O) groups excluding carboxylic acids is 1. The van der Waals surface area contributed by atoms with Crippen LogP contribution in [0.5, 0.6) is 5.75 Å². The first-order valence-electron chi connectivity index (χ1n) is 9.08. The summed E-state index contributed by atoms with van der Waals surface area (Å²) in [6.07, 6.45) is 1.91. The molecule has 1 unspecified atom stereocenters. The molecule has 0 radical (unpaired) electrons. The van der Waals surface area contributed by atoms with Crippen molar-refractivity contribution in [3.63, 3.8) is 0 Å². The van der Waals surface area contributed by atoms with Crippen LogP contribution in [-0.4, -0.2) is 20.8 Å². The number of aromatic nitrogens is 3. The number of hydrogen-bond donors (Lipinski definition) is 1. The van der Waals surface area contributed by atoms with Crippen molar-refractivity contribution in [2.45, 2.75) is 46.9 Å². The molecule has 1 aromatic carbocycles. The number of rotatable bonds is 7. The Morgan fingerprint density at radius 3 is 2.79 bits per heavy atom. The van der Waals surface area contributed by atoms with Crippen LogP contribution in [0.4, 0.5) is 4.39 Å². The van der Waals surface area contributed by atoms with Gasteiger partial charge in [-0.05, 0) is 39.8 Å². The number of nitrogens with one attached hydrogen (secondary N) is 1. The summed E-state index contributed by atoms with van der Waals surface area (Å²) in [6.45, 7) is 8.19. The molecule has 2 aromatic heterocycles. The van der Waals surface area contributed by atoms with E-state index in [1.807, 2.05) is 31.6 Å². The maximum absolute atomic E-state index is 13.8. The predicted octanol–water partition coefficient (Wildman–Crippen LogP) is 3.72. The van der Waals surface area contributed by atoms with E-state index in [-0.39, 0.29) is 30.0 Å². The Balaban J connectivity index is 1.73. The van der Waals surface area contributed by atoms with Crippen LogP contribution in [-0.2, 0) is 13.2 Å². The Hall–Kier alpha value is -3.16. The van der Waals surface area contributed by atoms with Gasteiger partial charge in [-0.2, -0.15) is 5.10 Å². The zero-order valence-corrected chi connectivity index (χ0v) is 16.3. The minimum Gasteiger partial charge on any atom is -0.486 e. The number of ether oxygens (including phenoxy) is 1. The molecule has 0 aliphatic carbocycles. The van der Waals surface area contributed by atoms with Crippen LogP contribution in [0.2, 0.25) is 0 Å². The van der Waals surface area contributed by atoms with Gasteiger partial charge in [-0.25, -0.2) is 4.39 Å². The van der Waals surface area contributed by atoms with Gasteiger partial charge in [-0.3, -0.25) is 9.48 Å². The smallest absolute Gasteiger partial charge is 0.274 e. The molecule has 3 aromatic rings. The highest BCUT2D eigenvalue weighted by atomic mass is 19.1. The SMILES string of the molecule is CCn1cc(C(C)NC(=O)c2noc(C)c2COc2ccccc2F)c(C)n1. The van der Waals surface area contributed by atoms with E-state index < -0.39 is 5.82 Å². The molecule has 7 nitrogen and oxygen atoms in total. The maximum atomic E-state index is 13.8. The van der Waals surface area contributed by atoms with Gasteiger partial charge in [0.05, 0.1) is 17.3 Å². The molecule has 0 bridgehead atoms. The fourth-order valence-corrected chi connectivity index (χ4v) is 2.91. The van der Waals surface area contributed by atoms with Gasteiger partial charge in [0, 0.05) is 18.3 Å². The van der Waals surface area contributed by atoms with Crippen LogP contribution >= 0.6 is 0 Å². The molecule has 0 saturated heterocycles. The summed E-state index contributed by atoms with van der Waals surface area (Å²) in [7, 11) is 0. The Morgan fingerprint density at radius 1 is 1.36 bits per heavy atom. The first kappa shape index (κ1) is 19.6. The van der Waals surface area contributed by atoms with Crippen molar-refractivity contribution in [1.29, 1.82) is 0 Å². The maximum Gasteiger partial charge on any atom is 0.274 e. The fraction of sp³-hybridized carbons (Fsp3) is 0.350. The number of aryl methyl sites for hydroxylation is 3. The highest BCUT2D eigenvalue weighted by Crippen LogP contribution is 2.22. The van der Waals surface area contributed by atoms with Crippen molar-refractivity contribution < 1.29 is 18.4 Å². The number of halogens is 1. The first-order valence-corrected chi connectivity index (χ1v) is 9.08. The zero-order chi connectivity index (χ0) is 20.3. The van der Waals surface area contributed by atoms with Gasteiger partial charge in [0.25, 0.3) is 5.91 Å². The largest absolute Gasteiger partial charge is 0.486 e. The molecular weight excluding hydrogens is 363 g/mol. The molecule has 3 rings (SSSR count). The lowest BCUT2D eigenvalue weighted by atomic mass is 10.1. The molecule has 0 aliphatic heterocycles. The van der Waals surface area contributed by atoms with Gasteiger partial charge < -0.3 is 14.6 Å². The van der Waals surface area contributed by atoms with Crippen LogP contribution < -0.4 is 10.1 Å². The molecule has 148 valence electrons. The van der Waals surface area contributed by atoms with Crippen molar-refractivity contribution in [3.8, 4) is 5.75 Å². The molecule has 0 spiro atoms. The van der Waals surface area contributed by atoms with Gasteiger partial charge in [-0.1, -0.05) is 17.3 Å². The Kier molecular flexibility index (Phi) is 5.77. The minimum absolute atomic E-state index is 0.0276. The number of benzene rings is 1. The van der Waals surface area contributed by atoms with E-state index in [0.29, 0.717) is 11.3 Å². The van der Waals surface area contributed by atoms with Crippen molar-refractivity contribution >= 4 is 5.91 Å². The van der Waals surface area contributed by atoms with E-state index in [1.54, 1.807) is 19.1 Å². The number of hydrogen-bond acceptors (Lipinski definition) is 5. The monoisotopic (exact) mass is 386 g/mol. The molecule has 1 N–H and O–H groups in total.